The van der Waals surface area contributed by atoms with Crippen molar-refractivity contribution in [1.29, 1.82) is 0 Å². The molecule has 0 spiro atoms. The minimum absolute atomic E-state index is 0.0603. The minimum atomic E-state index is -1.09. The van der Waals surface area contributed by atoms with Gasteiger partial charge in [-0.15, -0.1) is 0 Å². The number of rotatable bonds is 10. The first kappa shape index (κ1) is 19.9. The first-order chi connectivity index (χ1) is 11.3. The summed E-state index contributed by atoms with van der Waals surface area (Å²) < 4.78 is 10.7. The highest BCUT2D eigenvalue weighted by Gasteiger charge is 2.15. The van der Waals surface area contributed by atoms with Crippen LogP contribution in [0, 0.1) is 0 Å². The molecule has 0 aliphatic rings. The number of aromatic carboxylic acids is 1. The Morgan fingerprint density at radius 3 is 2.46 bits per heavy atom. The highest BCUT2D eigenvalue weighted by Crippen LogP contribution is 2.16. The molecule has 0 aliphatic heterocycles. The van der Waals surface area contributed by atoms with Crippen LogP contribution in [0.15, 0.2) is 18.3 Å². The monoisotopic (exact) mass is 337 g/mol. The van der Waals surface area contributed by atoms with Gasteiger partial charge in [0.15, 0.2) is 11.4 Å². The Balaban J connectivity index is 2.09. The van der Waals surface area contributed by atoms with Gasteiger partial charge in [-0.2, -0.15) is 0 Å². The Hall–Kier alpha value is -2.11. The van der Waals surface area contributed by atoms with Gasteiger partial charge in [-0.05, 0) is 45.7 Å². The molecule has 6 nitrogen and oxygen atoms in total. The Kier molecular flexibility index (Phi) is 8.22. The van der Waals surface area contributed by atoms with Gasteiger partial charge in [0.1, 0.15) is 5.60 Å². The van der Waals surface area contributed by atoms with E-state index in [0.29, 0.717) is 18.8 Å². The third-order valence-corrected chi connectivity index (χ3v) is 3.18. The van der Waals surface area contributed by atoms with Crippen LogP contribution in [-0.4, -0.2) is 34.2 Å². The first-order valence-electron chi connectivity index (χ1n) is 8.32. The van der Waals surface area contributed by atoms with Crippen molar-refractivity contribution in [2.75, 3.05) is 6.61 Å². The standard InChI is InChI=1S/C18H27NO5/c1-18(2,3)24-15(20)11-7-5-4-6-8-13-23-14-10-9-12-19-16(14)17(21)22/h9-10,12H,4-8,11,13H2,1-3H3,(H,21,22). The van der Waals surface area contributed by atoms with Gasteiger partial charge < -0.3 is 14.6 Å². The van der Waals surface area contributed by atoms with Crippen LogP contribution in [0.5, 0.6) is 5.75 Å². The molecular formula is C18H27NO5. The van der Waals surface area contributed by atoms with Gasteiger partial charge in [-0.1, -0.05) is 19.3 Å². The summed E-state index contributed by atoms with van der Waals surface area (Å²) in [6.45, 7) is 6.05. The summed E-state index contributed by atoms with van der Waals surface area (Å²) in [4.78, 5) is 26.3. The van der Waals surface area contributed by atoms with Crippen molar-refractivity contribution < 1.29 is 24.2 Å². The second-order valence-electron chi connectivity index (χ2n) is 6.61. The van der Waals surface area contributed by atoms with Gasteiger partial charge in [-0.3, -0.25) is 4.79 Å². The van der Waals surface area contributed by atoms with Gasteiger partial charge in [0, 0.05) is 12.6 Å². The van der Waals surface area contributed by atoms with E-state index in [-0.39, 0.29) is 11.7 Å². The lowest BCUT2D eigenvalue weighted by molar-refractivity contribution is -0.154. The van der Waals surface area contributed by atoms with E-state index in [1.54, 1.807) is 12.1 Å². The molecule has 1 aromatic rings. The van der Waals surface area contributed by atoms with Crippen LogP contribution in [0.25, 0.3) is 0 Å². The molecule has 0 saturated carbocycles. The minimum Gasteiger partial charge on any atom is -0.491 e. The Bertz CT molecular complexity index is 536. The van der Waals surface area contributed by atoms with E-state index in [4.69, 9.17) is 14.6 Å². The van der Waals surface area contributed by atoms with Crippen LogP contribution in [0.1, 0.15) is 69.8 Å². The highest BCUT2D eigenvalue weighted by molar-refractivity contribution is 5.88. The SMILES string of the molecule is CC(C)(C)OC(=O)CCCCCCCOc1cccnc1C(=O)O. The zero-order chi connectivity index (χ0) is 18.0. The molecule has 0 aliphatic carbocycles. The van der Waals surface area contributed by atoms with E-state index >= 15 is 0 Å². The van der Waals surface area contributed by atoms with Crippen molar-refractivity contribution in [3.8, 4) is 5.75 Å². The molecule has 1 aromatic heterocycles. The molecule has 0 saturated heterocycles. The number of hydrogen-bond donors (Lipinski definition) is 1. The van der Waals surface area contributed by atoms with Gasteiger partial charge in [0.05, 0.1) is 6.61 Å². The lowest BCUT2D eigenvalue weighted by Crippen LogP contribution is -2.23. The summed E-state index contributed by atoms with van der Waals surface area (Å²) in [5, 5.41) is 9.00. The number of hydrogen-bond acceptors (Lipinski definition) is 5. The average Bonchev–Trinajstić information content (AvgIpc) is 2.48. The van der Waals surface area contributed by atoms with E-state index in [0.717, 1.165) is 32.1 Å². The van der Waals surface area contributed by atoms with Crippen molar-refractivity contribution in [2.45, 2.75) is 64.9 Å². The molecule has 0 amide bonds. The molecule has 0 bridgehead atoms. The quantitative estimate of drug-likeness (QED) is 0.516. The predicted molar refractivity (Wildman–Crippen MR) is 90.2 cm³/mol. The van der Waals surface area contributed by atoms with Crippen molar-refractivity contribution in [2.24, 2.45) is 0 Å². The van der Waals surface area contributed by atoms with Crippen molar-refractivity contribution in [3.05, 3.63) is 24.0 Å². The molecule has 134 valence electrons. The molecule has 0 unspecified atom stereocenters. The van der Waals surface area contributed by atoms with Crippen LogP contribution in [-0.2, 0) is 9.53 Å². The normalized spacial score (nSPS) is 11.1. The van der Waals surface area contributed by atoms with E-state index in [2.05, 4.69) is 4.98 Å². The van der Waals surface area contributed by atoms with Gasteiger partial charge in [0.2, 0.25) is 0 Å². The summed E-state index contributed by atoms with van der Waals surface area (Å²) >= 11 is 0. The number of pyridine rings is 1. The summed E-state index contributed by atoms with van der Waals surface area (Å²) in [5.41, 5.74) is -0.481. The summed E-state index contributed by atoms with van der Waals surface area (Å²) in [7, 11) is 0. The fourth-order valence-corrected chi connectivity index (χ4v) is 2.14. The number of aromatic nitrogens is 1. The topological polar surface area (TPSA) is 85.7 Å². The van der Waals surface area contributed by atoms with E-state index in [1.807, 2.05) is 20.8 Å². The third-order valence-electron chi connectivity index (χ3n) is 3.18. The maximum atomic E-state index is 11.5. The summed E-state index contributed by atoms with van der Waals surface area (Å²) in [5.74, 6) is -0.939. The van der Waals surface area contributed by atoms with Crippen molar-refractivity contribution in [1.82, 2.24) is 4.98 Å². The van der Waals surface area contributed by atoms with Gasteiger partial charge in [0.25, 0.3) is 0 Å². The summed E-state index contributed by atoms with van der Waals surface area (Å²) in [6.07, 6.45) is 6.48. The van der Waals surface area contributed by atoms with Crippen molar-refractivity contribution in [3.63, 3.8) is 0 Å². The number of carboxylic acids is 1. The van der Waals surface area contributed by atoms with Crippen LogP contribution < -0.4 is 4.74 Å². The number of carbonyl (C=O) groups excluding carboxylic acids is 1. The van der Waals surface area contributed by atoms with Gasteiger partial charge in [-0.25, -0.2) is 9.78 Å². The zero-order valence-electron chi connectivity index (χ0n) is 14.7. The molecule has 1 rings (SSSR count). The van der Waals surface area contributed by atoms with E-state index < -0.39 is 11.6 Å². The smallest absolute Gasteiger partial charge is 0.358 e. The van der Waals surface area contributed by atoms with Crippen LogP contribution >= 0.6 is 0 Å². The number of esters is 1. The molecule has 1 N–H and O–H groups in total. The molecular weight excluding hydrogens is 310 g/mol. The molecule has 24 heavy (non-hydrogen) atoms. The Labute approximate surface area is 143 Å². The Morgan fingerprint density at radius 2 is 1.79 bits per heavy atom. The Morgan fingerprint density at radius 1 is 1.12 bits per heavy atom. The zero-order valence-corrected chi connectivity index (χ0v) is 14.7. The first-order valence-corrected chi connectivity index (χ1v) is 8.32. The van der Waals surface area contributed by atoms with Crippen LogP contribution in [0.4, 0.5) is 0 Å². The lowest BCUT2D eigenvalue weighted by Gasteiger charge is -2.19. The second kappa shape index (κ2) is 9.90. The van der Waals surface area contributed by atoms with Crippen molar-refractivity contribution >= 4 is 11.9 Å². The molecule has 1 heterocycles. The van der Waals surface area contributed by atoms with E-state index in [9.17, 15) is 9.59 Å². The van der Waals surface area contributed by atoms with E-state index in [1.165, 1.54) is 6.20 Å². The maximum Gasteiger partial charge on any atom is 0.358 e. The lowest BCUT2D eigenvalue weighted by atomic mass is 10.1. The molecule has 0 radical (unpaired) electrons. The fourth-order valence-electron chi connectivity index (χ4n) is 2.14. The number of carbonyl (C=O) groups is 2. The van der Waals surface area contributed by atoms with Crippen LogP contribution in [0.3, 0.4) is 0 Å². The second-order valence-corrected chi connectivity index (χ2v) is 6.61. The van der Waals surface area contributed by atoms with Crippen LogP contribution in [0.2, 0.25) is 0 Å². The molecule has 0 fully saturated rings. The molecule has 0 aromatic carbocycles. The predicted octanol–water partition coefficient (Wildman–Crippen LogP) is 3.84. The van der Waals surface area contributed by atoms with Gasteiger partial charge >= 0.3 is 11.9 Å². The molecule has 0 atom stereocenters. The third kappa shape index (κ3) is 8.50. The number of ether oxygens (including phenoxy) is 2. The number of unbranched alkanes of at least 4 members (excludes halogenated alkanes) is 4. The largest absolute Gasteiger partial charge is 0.491 e. The number of carboxylic acid groups (broad SMARTS) is 1. The summed E-state index contributed by atoms with van der Waals surface area (Å²) in [6, 6.07) is 3.26. The average molecular weight is 337 g/mol. The highest BCUT2D eigenvalue weighted by atomic mass is 16.6. The molecule has 6 heteroatoms. The maximum absolute atomic E-state index is 11.5. The fraction of sp³-hybridized carbons (Fsp3) is 0.611. The number of nitrogens with zero attached hydrogens (tertiary/aromatic N) is 1.